The quantitative estimate of drug-likeness (QED) is 0.587. The van der Waals surface area contributed by atoms with Gasteiger partial charge in [0.15, 0.2) is 0 Å². The first-order valence-electron chi connectivity index (χ1n) is 12.1. The molecule has 2 fully saturated rings. The van der Waals surface area contributed by atoms with Gasteiger partial charge < -0.3 is 19.4 Å². The average molecular weight is 450 g/mol. The molecule has 0 aromatic heterocycles. The zero-order valence-corrected chi connectivity index (χ0v) is 19.6. The Morgan fingerprint density at radius 2 is 1.70 bits per heavy atom. The molecule has 1 unspecified atom stereocenters. The first kappa shape index (κ1) is 23.5. The van der Waals surface area contributed by atoms with Crippen LogP contribution in [0.5, 0.6) is 0 Å². The second kappa shape index (κ2) is 11.4. The molecular weight excluding hydrogens is 414 g/mol. The minimum absolute atomic E-state index is 0.0544. The number of carbonyl (C=O) groups is 2. The van der Waals surface area contributed by atoms with Gasteiger partial charge in [-0.15, -0.1) is 0 Å². The third-order valence-electron chi connectivity index (χ3n) is 6.74. The minimum atomic E-state index is -0.250. The number of hydrogen-bond donors (Lipinski definition) is 0. The molecule has 2 aromatic rings. The highest BCUT2D eigenvalue weighted by Crippen LogP contribution is 2.23. The van der Waals surface area contributed by atoms with Crippen LogP contribution in [0.15, 0.2) is 60.7 Å². The van der Waals surface area contributed by atoms with E-state index in [9.17, 15) is 9.59 Å². The SMILES string of the molecule is CN1CC(C(=O)N(CCCN2CCC(OCc3ccccc3)CC2)c2ccccc2)CC1=O. The van der Waals surface area contributed by atoms with E-state index in [0.29, 0.717) is 32.2 Å². The van der Waals surface area contributed by atoms with Crippen LogP contribution in [0.4, 0.5) is 5.69 Å². The fraction of sp³-hybridized carbons (Fsp3) is 0.481. The van der Waals surface area contributed by atoms with E-state index in [1.807, 2.05) is 53.4 Å². The van der Waals surface area contributed by atoms with Gasteiger partial charge in [-0.1, -0.05) is 48.5 Å². The summed E-state index contributed by atoms with van der Waals surface area (Å²) in [5.74, 6) is -0.133. The maximum atomic E-state index is 13.3. The summed E-state index contributed by atoms with van der Waals surface area (Å²) < 4.78 is 6.11. The van der Waals surface area contributed by atoms with Crippen LogP contribution in [0.1, 0.15) is 31.2 Å². The van der Waals surface area contributed by atoms with E-state index in [1.54, 1.807) is 11.9 Å². The predicted octanol–water partition coefficient (Wildman–Crippen LogP) is 3.57. The smallest absolute Gasteiger partial charge is 0.232 e. The van der Waals surface area contributed by atoms with Gasteiger partial charge in [-0.3, -0.25) is 9.59 Å². The van der Waals surface area contributed by atoms with Crippen LogP contribution in [-0.2, 0) is 20.9 Å². The van der Waals surface area contributed by atoms with Gasteiger partial charge in [0.25, 0.3) is 0 Å². The second-order valence-electron chi connectivity index (χ2n) is 9.19. The van der Waals surface area contributed by atoms with Gasteiger partial charge in [-0.25, -0.2) is 0 Å². The molecule has 0 bridgehead atoms. The Bertz CT molecular complexity index is 897. The molecule has 0 N–H and O–H groups in total. The summed E-state index contributed by atoms with van der Waals surface area (Å²) in [6.45, 7) is 4.88. The van der Waals surface area contributed by atoms with Crippen molar-refractivity contribution < 1.29 is 14.3 Å². The molecule has 0 spiro atoms. The molecule has 2 saturated heterocycles. The van der Waals surface area contributed by atoms with E-state index in [4.69, 9.17) is 4.74 Å². The molecule has 1 atom stereocenters. The first-order valence-corrected chi connectivity index (χ1v) is 12.1. The molecule has 2 heterocycles. The van der Waals surface area contributed by atoms with E-state index in [0.717, 1.165) is 44.6 Å². The summed E-state index contributed by atoms with van der Waals surface area (Å²) in [6, 6.07) is 20.2. The van der Waals surface area contributed by atoms with Gasteiger partial charge in [0, 0.05) is 45.3 Å². The Morgan fingerprint density at radius 1 is 1.03 bits per heavy atom. The van der Waals surface area contributed by atoms with Crippen molar-refractivity contribution in [1.29, 1.82) is 0 Å². The lowest BCUT2D eigenvalue weighted by Crippen LogP contribution is -2.41. The van der Waals surface area contributed by atoms with Crippen molar-refractivity contribution in [2.24, 2.45) is 5.92 Å². The van der Waals surface area contributed by atoms with Crippen molar-refractivity contribution in [3.05, 3.63) is 66.2 Å². The van der Waals surface area contributed by atoms with Crippen molar-refractivity contribution in [1.82, 2.24) is 9.80 Å². The van der Waals surface area contributed by atoms with Gasteiger partial charge in [0.1, 0.15) is 0 Å². The molecule has 0 radical (unpaired) electrons. The van der Waals surface area contributed by atoms with E-state index in [2.05, 4.69) is 17.0 Å². The Labute approximate surface area is 197 Å². The predicted molar refractivity (Wildman–Crippen MR) is 130 cm³/mol. The van der Waals surface area contributed by atoms with Crippen LogP contribution in [0.25, 0.3) is 0 Å². The second-order valence-corrected chi connectivity index (χ2v) is 9.19. The Kier molecular flexibility index (Phi) is 8.13. The maximum absolute atomic E-state index is 13.3. The number of anilines is 1. The average Bonchev–Trinajstić information content (AvgIpc) is 3.20. The van der Waals surface area contributed by atoms with Crippen molar-refractivity contribution >= 4 is 17.5 Å². The van der Waals surface area contributed by atoms with Crippen LogP contribution in [-0.4, -0.2) is 67.5 Å². The van der Waals surface area contributed by atoms with Crippen LogP contribution in [0.2, 0.25) is 0 Å². The van der Waals surface area contributed by atoms with E-state index in [-0.39, 0.29) is 17.7 Å². The maximum Gasteiger partial charge on any atom is 0.232 e. The summed E-state index contributed by atoms with van der Waals surface area (Å²) in [4.78, 5) is 31.2. The number of rotatable bonds is 9. The van der Waals surface area contributed by atoms with E-state index in [1.165, 1.54) is 5.56 Å². The Hall–Kier alpha value is -2.70. The number of benzene rings is 2. The molecule has 2 aromatic carbocycles. The van der Waals surface area contributed by atoms with Crippen LogP contribution < -0.4 is 4.90 Å². The molecule has 2 aliphatic rings. The zero-order valence-electron chi connectivity index (χ0n) is 19.6. The molecule has 2 amide bonds. The third kappa shape index (κ3) is 6.42. The van der Waals surface area contributed by atoms with E-state index >= 15 is 0 Å². The first-order chi connectivity index (χ1) is 16.1. The fourth-order valence-electron chi connectivity index (χ4n) is 4.76. The van der Waals surface area contributed by atoms with Crippen LogP contribution >= 0.6 is 0 Å². The normalized spacial score (nSPS) is 19.7. The summed E-state index contributed by atoms with van der Waals surface area (Å²) in [5.41, 5.74) is 2.14. The van der Waals surface area contributed by atoms with Crippen molar-refractivity contribution in [3.63, 3.8) is 0 Å². The van der Waals surface area contributed by atoms with Gasteiger partial charge in [0.2, 0.25) is 11.8 Å². The third-order valence-corrected chi connectivity index (χ3v) is 6.74. The number of amides is 2. The van der Waals surface area contributed by atoms with Gasteiger partial charge in [0.05, 0.1) is 18.6 Å². The number of carbonyl (C=O) groups excluding carboxylic acids is 2. The number of nitrogens with zero attached hydrogens (tertiary/aromatic N) is 3. The largest absolute Gasteiger partial charge is 0.373 e. The van der Waals surface area contributed by atoms with Crippen molar-refractivity contribution in [2.75, 3.05) is 44.7 Å². The fourth-order valence-corrected chi connectivity index (χ4v) is 4.76. The monoisotopic (exact) mass is 449 g/mol. The summed E-state index contributed by atoms with van der Waals surface area (Å²) in [5, 5.41) is 0. The molecule has 6 nitrogen and oxygen atoms in total. The highest BCUT2D eigenvalue weighted by molar-refractivity contribution is 5.98. The summed E-state index contributed by atoms with van der Waals surface area (Å²) in [6.07, 6.45) is 3.64. The number of para-hydroxylation sites is 1. The van der Waals surface area contributed by atoms with Crippen LogP contribution in [0, 0.1) is 5.92 Å². The summed E-state index contributed by atoms with van der Waals surface area (Å²) in [7, 11) is 1.77. The molecular formula is C27H35N3O3. The lowest BCUT2D eigenvalue weighted by molar-refractivity contribution is -0.127. The minimum Gasteiger partial charge on any atom is -0.373 e. The topological polar surface area (TPSA) is 53.1 Å². The molecule has 6 heteroatoms. The molecule has 4 rings (SSSR count). The Balaban J connectivity index is 1.24. The van der Waals surface area contributed by atoms with Gasteiger partial charge in [-0.2, -0.15) is 0 Å². The molecule has 0 aliphatic carbocycles. The van der Waals surface area contributed by atoms with Gasteiger partial charge >= 0.3 is 0 Å². The lowest BCUT2D eigenvalue weighted by atomic mass is 10.1. The number of likely N-dealkylation sites (tertiary alicyclic amines) is 2. The highest BCUT2D eigenvalue weighted by atomic mass is 16.5. The molecule has 176 valence electrons. The zero-order chi connectivity index (χ0) is 23.0. The van der Waals surface area contributed by atoms with Gasteiger partial charge in [-0.05, 0) is 43.5 Å². The van der Waals surface area contributed by atoms with Crippen LogP contribution in [0.3, 0.4) is 0 Å². The number of piperidine rings is 1. The Morgan fingerprint density at radius 3 is 2.33 bits per heavy atom. The van der Waals surface area contributed by atoms with E-state index < -0.39 is 0 Å². The number of ether oxygens (including phenoxy) is 1. The van der Waals surface area contributed by atoms with Crippen molar-refractivity contribution in [2.45, 2.75) is 38.4 Å². The molecule has 33 heavy (non-hydrogen) atoms. The lowest BCUT2D eigenvalue weighted by Gasteiger charge is -2.33. The molecule has 2 aliphatic heterocycles. The van der Waals surface area contributed by atoms with Crippen molar-refractivity contribution in [3.8, 4) is 0 Å². The number of hydrogen-bond acceptors (Lipinski definition) is 4. The summed E-state index contributed by atoms with van der Waals surface area (Å²) >= 11 is 0. The highest BCUT2D eigenvalue weighted by Gasteiger charge is 2.35. The molecule has 0 saturated carbocycles. The standard InChI is InChI=1S/C27H35N3O3/c1-28-20-23(19-26(28)31)27(32)30(24-11-6-3-7-12-24)16-8-15-29-17-13-25(14-18-29)33-21-22-9-4-2-5-10-22/h2-7,9-12,23,25H,8,13-21H2,1H3.